The first-order valence-electron chi connectivity index (χ1n) is 4.51. The number of hydrogen-bond acceptors (Lipinski definition) is 2. The molecule has 0 bridgehead atoms. The summed E-state index contributed by atoms with van der Waals surface area (Å²) in [5.41, 5.74) is 6.41. The zero-order valence-corrected chi connectivity index (χ0v) is 9.04. The fraction of sp³-hybridized carbons (Fsp3) is 0.400. The predicted molar refractivity (Wildman–Crippen MR) is 62.4 cm³/mol. The van der Waals surface area contributed by atoms with Crippen molar-refractivity contribution in [3.8, 4) is 0 Å². The highest BCUT2D eigenvalue weighted by atomic mass is 15.0. The standard InChI is InChI=1S/C10H18N4/c1-5-9(6-2)10(12-4)14-7-13-8(3)11/h5,7,12H,1,6H2,2-4H3,(H2,11,13,14)/b10-9-. The lowest BCUT2D eigenvalue weighted by Gasteiger charge is -2.04. The first-order valence-corrected chi connectivity index (χ1v) is 4.51. The highest BCUT2D eigenvalue weighted by Gasteiger charge is 1.96. The van der Waals surface area contributed by atoms with E-state index in [0.717, 1.165) is 17.8 Å². The van der Waals surface area contributed by atoms with Gasteiger partial charge in [-0.25, -0.2) is 9.98 Å². The molecule has 0 aromatic rings. The lowest BCUT2D eigenvalue weighted by Crippen LogP contribution is -2.08. The zero-order chi connectivity index (χ0) is 11.0. The molecule has 0 fully saturated rings. The van der Waals surface area contributed by atoms with E-state index >= 15 is 0 Å². The number of amidine groups is 1. The Bertz CT molecular complexity index is 270. The van der Waals surface area contributed by atoms with Crippen LogP contribution in [0, 0.1) is 0 Å². The molecule has 0 saturated carbocycles. The number of hydrogen-bond donors (Lipinski definition) is 2. The van der Waals surface area contributed by atoms with Crippen molar-refractivity contribution < 1.29 is 0 Å². The number of nitrogens with zero attached hydrogens (tertiary/aromatic N) is 2. The number of nitrogens with one attached hydrogen (secondary N) is 1. The van der Waals surface area contributed by atoms with Crippen molar-refractivity contribution in [1.29, 1.82) is 0 Å². The molecule has 0 aliphatic carbocycles. The second-order valence-electron chi connectivity index (χ2n) is 2.70. The Hall–Kier alpha value is -1.58. The Labute approximate surface area is 85.3 Å². The number of allylic oxidation sites excluding steroid dienone is 2. The quantitative estimate of drug-likeness (QED) is 0.395. The summed E-state index contributed by atoms with van der Waals surface area (Å²) in [6, 6.07) is 0. The fourth-order valence-electron chi connectivity index (χ4n) is 0.894. The van der Waals surface area contributed by atoms with Crippen LogP contribution in [0.15, 0.2) is 34.0 Å². The minimum atomic E-state index is 0.487. The first-order chi connectivity index (χ1) is 6.65. The molecule has 0 aliphatic rings. The van der Waals surface area contributed by atoms with Crippen LogP contribution in [0.25, 0.3) is 0 Å². The van der Waals surface area contributed by atoms with Crippen molar-refractivity contribution in [2.75, 3.05) is 7.05 Å². The SMILES string of the molecule is C=C/C(CC)=C(/N=C\N=C(/C)N)NC. The maximum atomic E-state index is 5.36. The summed E-state index contributed by atoms with van der Waals surface area (Å²) in [5.74, 6) is 1.26. The van der Waals surface area contributed by atoms with Gasteiger partial charge in [0, 0.05) is 7.05 Å². The average molecular weight is 194 g/mol. The fourth-order valence-corrected chi connectivity index (χ4v) is 0.894. The maximum Gasteiger partial charge on any atom is 0.130 e. The number of rotatable bonds is 5. The average Bonchev–Trinajstić information content (AvgIpc) is 2.16. The maximum absolute atomic E-state index is 5.36. The van der Waals surface area contributed by atoms with Crippen LogP contribution in [-0.4, -0.2) is 19.2 Å². The van der Waals surface area contributed by atoms with Gasteiger partial charge in [-0.1, -0.05) is 19.6 Å². The van der Waals surface area contributed by atoms with Gasteiger partial charge in [0.05, 0.1) is 5.84 Å². The molecule has 0 spiro atoms. The minimum Gasteiger partial charge on any atom is -0.387 e. The molecular weight excluding hydrogens is 176 g/mol. The van der Waals surface area contributed by atoms with Crippen molar-refractivity contribution in [3.05, 3.63) is 24.0 Å². The second kappa shape index (κ2) is 6.88. The second-order valence-corrected chi connectivity index (χ2v) is 2.70. The molecule has 0 aromatic heterocycles. The molecule has 4 nitrogen and oxygen atoms in total. The van der Waals surface area contributed by atoms with E-state index < -0.39 is 0 Å². The molecule has 0 unspecified atom stereocenters. The van der Waals surface area contributed by atoms with Crippen LogP contribution in [0.3, 0.4) is 0 Å². The lowest BCUT2D eigenvalue weighted by molar-refractivity contribution is 0.921. The van der Waals surface area contributed by atoms with E-state index in [1.807, 2.05) is 14.0 Å². The number of aliphatic imine (C=N–C) groups is 2. The summed E-state index contributed by atoms with van der Waals surface area (Å²) in [5, 5.41) is 2.98. The molecule has 0 radical (unpaired) electrons. The highest BCUT2D eigenvalue weighted by Crippen LogP contribution is 2.07. The molecule has 0 heterocycles. The Balaban J connectivity index is 4.73. The largest absolute Gasteiger partial charge is 0.387 e. The molecule has 0 atom stereocenters. The third-order valence-corrected chi connectivity index (χ3v) is 1.62. The summed E-state index contributed by atoms with van der Waals surface area (Å²) >= 11 is 0. The van der Waals surface area contributed by atoms with Crippen LogP contribution in [-0.2, 0) is 0 Å². The van der Waals surface area contributed by atoms with Crippen molar-refractivity contribution in [2.24, 2.45) is 15.7 Å². The predicted octanol–water partition coefficient (Wildman–Crippen LogP) is 1.42. The zero-order valence-electron chi connectivity index (χ0n) is 9.04. The van der Waals surface area contributed by atoms with Crippen LogP contribution >= 0.6 is 0 Å². The summed E-state index contributed by atoms with van der Waals surface area (Å²) in [6.45, 7) is 7.47. The molecule has 3 N–H and O–H groups in total. The molecule has 0 saturated heterocycles. The van der Waals surface area contributed by atoms with E-state index in [-0.39, 0.29) is 0 Å². The Kier molecular flexibility index (Phi) is 6.11. The highest BCUT2D eigenvalue weighted by molar-refractivity contribution is 5.85. The van der Waals surface area contributed by atoms with Crippen LogP contribution in [0.4, 0.5) is 0 Å². The summed E-state index contributed by atoms with van der Waals surface area (Å²) in [4.78, 5) is 7.99. The van der Waals surface area contributed by atoms with E-state index in [1.165, 1.54) is 6.34 Å². The molecular formula is C10H18N4. The van der Waals surface area contributed by atoms with Gasteiger partial charge in [0.15, 0.2) is 0 Å². The first kappa shape index (κ1) is 12.4. The lowest BCUT2D eigenvalue weighted by atomic mass is 10.2. The third-order valence-electron chi connectivity index (χ3n) is 1.62. The van der Waals surface area contributed by atoms with Gasteiger partial charge >= 0.3 is 0 Å². The van der Waals surface area contributed by atoms with E-state index in [9.17, 15) is 0 Å². The van der Waals surface area contributed by atoms with E-state index in [0.29, 0.717) is 5.84 Å². The molecule has 0 amide bonds. The Morgan fingerprint density at radius 2 is 2.21 bits per heavy atom. The van der Waals surface area contributed by atoms with Gasteiger partial charge in [0.1, 0.15) is 12.2 Å². The molecule has 78 valence electrons. The van der Waals surface area contributed by atoms with Crippen molar-refractivity contribution in [2.45, 2.75) is 20.3 Å². The Morgan fingerprint density at radius 3 is 2.57 bits per heavy atom. The molecule has 0 rings (SSSR count). The van der Waals surface area contributed by atoms with E-state index in [2.05, 4.69) is 21.9 Å². The normalized spacial score (nSPS) is 14.1. The van der Waals surface area contributed by atoms with E-state index in [1.54, 1.807) is 13.0 Å². The van der Waals surface area contributed by atoms with Gasteiger partial charge in [-0.15, -0.1) is 0 Å². The van der Waals surface area contributed by atoms with Gasteiger partial charge in [-0.3, -0.25) is 0 Å². The Morgan fingerprint density at radius 1 is 1.57 bits per heavy atom. The van der Waals surface area contributed by atoms with Crippen LogP contribution in [0.5, 0.6) is 0 Å². The van der Waals surface area contributed by atoms with Gasteiger partial charge in [0.2, 0.25) is 0 Å². The van der Waals surface area contributed by atoms with Crippen LogP contribution in [0.1, 0.15) is 20.3 Å². The van der Waals surface area contributed by atoms with E-state index in [4.69, 9.17) is 5.73 Å². The van der Waals surface area contributed by atoms with Crippen molar-refractivity contribution in [3.63, 3.8) is 0 Å². The number of nitrogens with two attached hydrogens (primary N) is 1. The molecule has 0 aliphatic heterocycles. The third kappa shape index (κ3) is 4.45. The van der Waals surface area contributed by atoms with Gasteiger partial charge < -0.3 is 11.1 Å². The summed E-state index contributed by atoms with van der Waals surface area (Å²) in [7, 11) is 1.81. The van der Waals surface area contributed by atoms with Crippen molar-refractivity contribution >= 4 is 12.2 Å². The topological polar surface area (TPSA) is 62.8 Å². The monoisotopic (exact) mass is 194 g/mol. The van der Waals surface area contributed by atoms with Gasteiger partial charge in [-0.05, 0) is 18.9 Å². The smallest absolute Gasteiger partial charge is 0.130 e. The van der Waals surface area contributed by atoms with Crippen molar-refractivity contribution in [1.82, 2.24) is 5.32 Å². The molecule has 4 heteroatoms. The van der Waals surface area contributed by atoms with Crippen LogP contribution < -0.4 is 11.1 Å². The molecule has 0 aromatic carbocycles. The minimum absolute atomic E-state index is 0.487. The van der Waals surface area contributed by atoms with Gasteiger partial charge in [-0.2, -0.15) is 0 Å². The van der Waals surface area contributed by atoms with Crippen LogP contribution in [0.2, 0.25) is 0 Å². The van der Waals surface area contributed by atoms with Gasteiger partial charge in [0.25, 0.3) is 0 Å². The summed E-state index contributed by atoms with van der Waals surface area (Å²) in [6.07, 6.45) is 4.09. The summed E-state index contributed by atoms with van der Waals surface area (Å²) < 4.78 is 0. The molecule has 14 heavy (non-hydrogen) atoms.